The van der Waals surface area contributed by atoms with Gasteiger partial charge in [0.25, 0.3) is 5.91 Å². The van der Waals surface area contributed by atoms with E-state index in [0.717, 1.165) is 5.56 Å². The Bertz CT molecular complexity index is 937. The highest BCUT2D eigenvalue weighted by Gasteiger charge is 2.21. The van der Waals surface area contributed by atoms with Crippen LogP contribution in [0.1, 0.15) is 21.6 Å². The van der Waals surface area contributed by atoms with Crippen LogP contribution in [0, 0.1) is 13.8 Å². The zero-order valence-electron chi connectivity index (χ0n) is 12.7. The third-order valence-corrected chi connectivity index (χ3v) is 3.87. The highest BCUT2D eigenvalue weighted by atomic mass is 35.5. The molecule has 0 unspecified atom stereocenters. The van der Waals surface area contributed by atoms with Crippen LogP contribution in [-0.2, 0) is 0 Å². The number of aromatic nitrogens is 5. The first-order valence-electron chi connectivity index (χ1n) is 6.65. The molecule has 9 heteroatoms. The average Bonchev–Trinajstić information content (AvgIpc) is 2.93. The number of carbonyl (C=O) groups excluding carboxylic acids is 1. The topological polar surface area (TPSA) is 109 Å². The fourth-order valence-electron chi connectivity index (χ4n) is 2.24. The van der Waals surface area contributed by atoms with E-state index in [0.29, 0.717) is 16.8 Å². The minimum absolute atomic E-state index is 0.0346. The molecule has 0 atom stereocenters. The number of fused-ring (bicyclic) bond motifs is 1. The van der Waals surface area contributed by atoms with E-state index in [1.807, 2.05) is 6.92 Å². The minimum Gasteiger partial charge on any atom is -0.495 e. The quantitative estimate of drug-likeness (QED) is 0.712. The maximum atomic E-state index is 12.8. The lowest BCUT2D eigenvalue weighted by molar-refractivity contribution is 0.0958. The number of rotatable bonds is 2. The number of imidazole rings is 1. The van der Waals surface area contributed by atoms with Gasteiger partial charge < -0.3 is 10.5 Å². The zero-order valence-corrected chi connectivity index (χ0v) is 13.4. The molecule has 0 saturated carbocycles. The molecule has 3 heterocycles. The summed E-state index contributed by atoms with van der Waals surface area (Å²) >= 11 is 5.97. The molecule has 3 rings (SSSR count). The standard InChI is InChI=1S/C14H13ClN6O2/c1-6-7(2)9(17-4-8(6)23-3)13(22)21-5-18-10-11(15)19-14(16)20-12(10)21/h4-5H,1-3H3,(H2,16,19,20). The lowest BCUT2D eigenvalue weighted by atomic mass is 10.1. The van der Waals surface area contributed by atoms with Crippen LogP contribution in [0.3, 0.4) is 0 Å². The molecule has 2 N–H and O–H groups in total. The first-order valence-corrected chi connectivity index (χ1v) is 7.02. The summed E-state index contributed by atoms with van der Waals surface area (Å²) in [4.78, 5) is 28.9. The number of halogens is 1. The van der Waals surface area contributed by atoms with Crippen molar-refractivity contribution in [3.05, 3.63) is 34.5 Å². The number of methoxy groups -OCH3 is 1. The maximum Gasteiger partial charge on any atom is 0.283 e. The summed E-state index contributed by atoms with van der Waals surface area (Å²) in [5.74, 6) is 0.196. The van der Waals surface area contributed by atoms with Crippen LogP contribution in [-0.4, -0.2) is 37.5 Å². The number of pyridine rings is 1. The molecule has 0 spiro atoms. The second-order valence-electron chi connectivity index (χ2n) is 4.89. The zero-order chi connectivity index (χ0) is 16.7. The van der Waals surface area contributed by atoms with Gasteiger partial charge in [0.1, 0.15) is 23.3 Å². The molecule has 8 nitrogen and oxygen atoms in total. The van der Waals surface area contributed by atoms with E-state index in [1.165, 1.54) is 17.1 Å². The van der Waals surface area contributed by atoms with Crippen molar-refractivity contribution in [2.45, 2.75) is 13.8 Å². The van der Waals surface area contributed by atoms with E-state index in [4.69, 9.17) is 22.1 Å². The summed E-state index contributed by atoms with van der Waals surface area (Å²) in [5, 5.41) is 0.0923. The molecule has 0 fully saturated rings. The highest BCUT2D eigenvalue weighted by Crippen LogP contribution is 2.24. The Balaban J connectivity index is 2.17. The lowest BCUT2D eigenvalue weighted by Crippen LogP contribution is -2.16. The molecule has 23 heavy (non-hydrogen) atoms. The Labute approximate surface area is 136 Å². The van der Waals surface area contributed by atoms with Crippen LogP contribution in [0.5, 0.6) is 5.75 Å². The lowest BCUT2D eigenvalue weighted by Gasteiger charge is -2.11. The minimum atomic E-state index is -0.384. The normalized spacial score (nSPS) is 11.0. The van der Waals surface area contributed by atoms with Crippen molar-refractivity contribution in [3.63, 3.8) is 0 Å². The van der Waals surface area contributed by atoms with Crippen LogP contribution >= 0.6 is 11.6 Å². The van der Waals surface area contributed by atoms with Gasteiger partial charge in [-0.25, -0.2) is 14.5 Å². The van der Waals surface area contributed by atoms with Gasteiger partial charge in [-0.15, -0.1) is 0 Å². The third-order valence-electron chi connectivity index (χ3n) is 3.61. The van der Waals surface area contributed by atoms with E-state index in [2.05, 4.69) is 19.9 Å². The number of anilines is 1. The van der Waals surface area contributed by atoms with Gasteiger partial charge in [0.05, 0.1) is 13.3 Å². The smallest absolute Gasteiger partial charge is 0.283 e. The first-order chi connectivity index (χ1) is 10.9. The van der Waals surface area contributed by atoms with Crippen molar-refractivity contribution in [1.29, 1.82) is 0 Å². The van der Waals surface area contributed by atoms with Gasteiger partial charge in [-0.1, -0.05) is 11.6 Å². The summed E-state index contributed by atoms with van der Waals surface area (Å²) in [6.45, 7) is 3.66. The molecule has 0 amide bonds. The molecule has 0 aliphatic carbocycles. The molecule has 118 valence electrons. The van der Waals surface area contributed by atoms with Gasteiger partial charge >= 0.3 is 0 Å². The van der Waals surface area contributed by atoms with Crippen LogP contribution in [0.2, 0.25) is 5.15 Å². The number of nitrogen functional groups attached to an aromatic ring is 1. The van der Waals surface area contributed by atoms with Gasteiger partial charge in [-0.05, 0) is 25.0 Å². The molecule has 3 aromatic heterocycles. The Morgan fingerprint density at radius 1 is 1.26 bits per heavy atom. The summed E-state index contributed by atoms with van der Waals surface area (Å²) in [6.07, 6.45) is 2.83. The number of hydrogen-bond donors (Lipinski definition) is 1. The second kappa shape index (κ2) is 5.47. The molecule has 0 aliphatic heterocycles. The fourth-order valence-corrected chi connectivity index (χ4v) is 2.46. The van der Waals surface area contributed by atoms with E-state index < -0.39 is 0 Å². The molecular weight excluding hydrogens is 320 g/mol. The van der Waals surface area contributed by atoms with Crippen molar-refractivity contribution >= 4 is 34.6 Å². The Morgan fingerprint density at radius 2 is 2.00 bits per heavy atom. The molecule has 0 aliphatic rings. The largest absolute Gasteiger partial charge is 0.495 e. The molecular formula is C14H13ClN6O2. The summed E-state index contributed by atoms with van der Waals surface area (Å²) in [6, 6.07) is 0. The van der Waals surface area contributed by atoms with Gasteiger partial charge in [0.2, 0.25) is 5.95 Å². The summed E-state index contributed by atoms with van der Waals surface area (Å²) in [7, 11) is 1.55. The monoisotopic (exact) mass is 332 g/mol. The van der Waals surface area contributed by atoms with Gasteiger partial charge in [-0.2, -0.15) is 9.97 Å². The van der Waals surface area contributed by atoms with Gasteiger partial charge in [0.15, 0.2) is 10.8 Å². The fraction of sp³-hybridized carbons (Fsp3) is 0.214. The molecule has 0 radical (unpaired) electrons. The van der Waals surface area contributed by atoms with Crippen LogP contribution < -0.4 is 10.5 Å². The predicted octanol–water partition coefficient (Wildman–Crippen LogP) is 1.77. The van der Waals surface area contributed by atoms with Crippen LogP contribution in [0.25, 0.3) is 11.2 Å². The Hall–Kier alpha value is -2.74. The number of carbonyl (C=O) groups is 1. The highest BCUT2D eigenvalue weighted by molar-refractivity contribution is 6.33. The Morgan fingerprint density at radius 3 is 2.70 bits per heavy atom. The summed E-state index contributed by atoms with van der Waals surface area (Å²) in [5.41, 5.74) is 7.96. The van der Waals surface area contributed by atoms with Gasteiger partial charge in [-0.3, -0.25) is 4.79 Å². The van der Waals surface area contributed by atoms with Crippen molar-refractivity contribution in [1.82, 2.24) is 24.5 Å². The first kappa shape index (κ1) is 15.2. The number of ether oxygens (including phenoxy) is 1. The van der Waals surface area contributed by atoms with Crippen molar-refractivity contribution < 1.29 is 9.53 Å². The predicted molar refractivity (Wildman–Crippen MR) is 84.7 cm³/mol. The summed E-state index contributed by atoms with van der Waals surface area (Å²) < 4.78 is 6.46. The Kier molecular flexibility index (Phi) is 3.61. The van der Waals surface area contributed by atoms with E-state index in [-0.39, 0.29) is 28.3 Å². The third kappa shape index (κ3) is 2.36. The number of hydrogen-bond acceptors (Lipinski definition) is 7. The van der Waals surface area contributed by atoms with Crippen molar-refractivity contribution in [2.24, 2.45) is 0 Å². The van der Waals surface area contributed by atoms with Crippen LogP contribution in [0.15, 0.2) is 12.5 Å². The van der Waals surface area contributed by atoms with E-state index in [9.17, 15) is 4.79 Å². The number of nitrogens with zero attached hydrogens (tertiary/aromatic N) is 5. The van der Waals surface area contributed by atoms with E-state index >= 15 is 0 Å². The second-order valence-corrected chi connectivity index (χ2v) is 5.25. The number of nitrogens with two attached hydrogens (primary N) is 1. The van der Waals surface area contributed by atoms with E-state index in [1.54, 1.807) is 14.0 Å². The maximum absolute atomic E-state index is 12.8. The molecule has 0 aromatic carbocycles. The molecule has 0 bridgehead atoms. The SMILES string of the molecule is COc1cnc(C(=O)n2cnc3c(Cl)nc(N)nc32)c(C)c1C. The molecule has 0 saturated heterocycles. The molecule has 3 aromatic rings. The van der Waals surface area contributed by atoms with Crippen LogP contribution in [0.4, 0.5) is 5.95 Å². The van der Waals surface area contributed by atoms with Crippen molar-refractivity contribution in [3.8, 4) is 5.75 Å². The van der Waals surface area contributed by atoms with Crippen molar-refractivity contribution in [2.75, 3.05) is 12.8 Å². The average molecular weight is 333 g/mol. The van der Waals surface area contributed by atoms with Gasteiger partial charge in [0, 0.05) is 0 Å².